The topological polar surface area (TPSA) is 50.9 Å². The van der Waals surface area contributed by atoms with Crippen LogP contribution in [-0.2, 0) is 0 Å². The first-order chi connectivity index (χ1) is 9.65. The molecule has 0 saturated carbocycles. The lowest BCUT2D eigenvalue weighted by atomic mass is 10.2. The van der Waals surface area contributed by atoms with Crippen LogP contribution in [0.3, 0.4) is 0 Å². The second-order valence-corrected chi connectivity index (χ2v) is 6.46. The van der Waals surface area contributed by atoms with Gasteiger partial charge in [0.05, 0.1) is 15.9 Å². The Bertz CT molecular complexity index is 765. The van der Waals surface area contributed by atoms with Gasteiger partial charge in [-0.15, -0.1) is 0 Å². The molecule has 0 fully saturated rings. The third-order valence-corrected chi connectivity index (χ3v) is 4.61. The van der Waals surface area contributed by atoms with Gasteiger partial charge in [-0.3, -0.25) is 0 Å². The zero-order chi connectivity index (χ0) is 14.1. The summed E-state index contributed by atoms with van der Waals surface area (Å²) in [6.45, 7) is 0. The zero-order valence-electron chi connectivity index (χ0n) is 10.3. The number of nitrogens with one attached hydrogen (secondary N) is 1. The molecule has 3 rings (SSSR count). The summed E-state index contributed by atoms with van der Waals surface area (Å²) in [7, 11) is 0. The van der Waals surface area contributed by atoms with E-state index in [0.717, 1.165) is 31.1 Å². The van der Waals surface area contributed by atoms with Crippen LogP contribution in [-0.4, -0.2) is 9.97 Å². The van der Waals surface area contributed by atoms with E-state index in [0.29, 0.717) is 4.99 Å². The van der Waals surface area contributed by atoms with Gasteiger partial charge >= 0.3 is 0 Å². The fourth-order valence-electron chi connectivity index (χ4n) is 1.92. The quantitative estimate of drug-likeness (QED) is 0.675. The number of thiocarbonyl (C=S) groups is 1. The van der Waals surface area contributed by atoms with E-state index in [1.54, 1.807) is 11.3 Å². The van der Waals surface area contributed by atoms with Crippen molar-refractivity contribution in [1.82, 2.24) is 4.98 Å². The number of thiazole rings is 1. The molecular formula is C14H10BrN3S2. The molecule has 0 radical (unpaired) electrons. The van der Waals surface area contributed by atoms with E-state index in [4.69, 9.17) is 18.0 Å². The zero-order valence-corrected chi connectivity index (χ0v) is 13.5. The normalized spacial score (nSPS) is 10.7. The average Bonchev–Trinajstić information content (AvgIpc) is 2.80. The van der Waals surface area contributed by atoms with Gasteiger partial charge in [0, 0.05) is 10.0 Å². The summed E-state index contributed by atoms with van der Waals surface area (Å²) >= 11 is 10.2. The standard InChI is InChI=1S/C14H10BrN3S2/c15-8-4-3-6-10(12(8)13(16)19)18-14-17-9-5-1-2-7-11(9)20-14/h1-7H,(H2,16,19)(H,17,18). The van der Waals surface area contributed by atoms with Crippen molar-refractivity contribution in [2.75, 3.05) is 5.32 Å². The Morgan fingerprint density at radius 1 is 1.20 bits per heavy atom. The largest absolute Gasteiger partial charge is 0.389 e. The van der Waals surface area contributed by atoms with Crippen LogP contribution in [0.2, 0.25) is 0 Å². The molecule has 0 saturated heterocycles. The molecule has 0 aliphatic carbocycles. The van der Waals surface area contributed by atoms with Gasteiger partial charge < -0.3 is 11.1 Å². The molecule has 6 heteroatoms. The van der Waals surface area contributed by atoms with E-state index in [1.165, 1.54) is 0 Å². The Hall–Kier alpha value is -1.50. The van der Waals surface area contributed by atoms with Gasteiger partial charge in [-0.25, -0.2) is 4.98 Å². The van der Waals surface area contributed by atoms with Crippen LogP contribution < -0.4 is 11.1 Å². The van der Waals surface area contributed by atoms with Crippen molar-refractivity contribution < 1.29 is 0 Å². The number of para-hydroxylation sites is 1. The van der Waals surface area contributed by atoms with E-state index in [9.17, 15) is 0 Å². The fraction of sp³-hybridized carbons (Fsp3) is 0. The number of nitrogens with two attached hydrogens (primary N) is 1. The molecule has 0 unspecified atom stereocenters. The van der Waals surface area contributed by atoms with Crippen LogP contribution in [0.4, 0.5) is 10.8 Å². The Kier molecular flexibility index (Phi) is 3.69. The number of benzene rings is 2. The van der Waals surface area contributed by atoms with E-state index in [-0.39, 0.29) is 0 Å². The van der Waals surface area contributed by atoms with Crippen LogP contribution in [0, 0.1) is 0 Å². The minimum Gasteiger partial charge on any atom is -0.389 e. The maximum Gasteiger partial charge on any atom is 0.188 e. The molecule has 0 amide bonds. The monoisotopic (exact) mass is 363 g/mol. The summed E-state index contributed by atoms with van der Waals surface area (Å²) in [4.78, 5) is 4.89. The SMILES string of the molecule is NC(=S)c1c(Br)cccc1Nc1nc2ccccc2s1. The Morgan fingerprint density at radius 3 is 2.75 bits per heavy atom. The first-order valence-electron chi connectivity index (χ1n) is 5.86. The molecule has 100 valence electrons. The highest BCUT2D eigenvalue weighted by Gasteiger charge is 2.11. The first kappa shape index (κ1) is 13.5. The van der Waals surface area contributed by atoms with Crippen molar-refractivity contribution in [1.29, 1.82) is 0 Å². The molecule has 3 aromatic rings. The van der Waals surface area contributed by atoms with Crippen molar-refractivity contribution in [3.05, 3.63) is 52.5 Å². The molecule has 20 heavy (non-hydrogen) atoms. The number of rotatable bonds is 3. The minimum atomic E-state index is 0.348. The molecule has 0 aliphatic heterocycles. The number of nitrogens with zero attached hydrogens (tertiary/aromatic N) is 1. The highest BCUT2D eigenvalue weighted by Crippen LogP contribution is 2.31. The van der Waals surface area contributed by atoms with Gasteiger partial charge in [-0.05, 0) is 40.2 Å². The van der Waals surface area contributed by atoms with E-state index in [2.05, 4.69) is 26.2 Å². The van der Waals surface area contributed by atoms with E-state index >= 15 is 0 Å². The number of anilines is 2. The van der Waals surface area contributed by atoms with Crippen LogP contribution in [0.1, 0.15) is 5.56 Å². The number of fused-ring (bicyclic) bond motifs is 1. The Balaban J connectivity index is 2.02. The highest BCUT2D eigenvalue weighted by molar-refractivity contribution is 9.10. The second-order valence-electron chi connectivity index (χ2n) is 4.14. The summed E-state index contributed by atoms with van der Waals surface area (Å²) in [5.74, 6) is 0. The number of hydrogen-bond donors (Lipinski definition) is 2. The van der Waals surface area contributed by atoms with Gasteiger partial charge in [0.1, 0.15) is 4.99 Å². The predicted molar refractivity (Wildman–Crippen MR) is 92.9 cm³/mol. The van der Waals surface area contributed by atoms with Crippen LogP contribution in [0.5, 0.6) is 0 Å². The number of halogens is 1. The number of hydrogen-bond acceptors (Lipinski definition) is 4. The first-order valence-corrected chi connectivity index (χ1v) is 7.88. The molecule has 3 nitrogen and oxygen atoms in total. The maximum atomic E-state index is 5.79. The van der Waals surface area contributed by atoms with Crippen molar-refractivity contribution in [3.63, 3.8) is 0 Å². The van der Waals surface area contributed by atoms with Crippen molar-refractivity contribution in [3.8, 4) is 0 Å². The predicted octanol–water partition coefficient (Wildman–Crippen LogP) is 4.44. The van der Waals surface area contributed by atoms with Crippen molar-refractivity contribution in [2.24, 2.45) is 5.73 Å². The van der Waals surface area contributed by atoms with Gasteiger partial charge in [-0.2, -0.15) is 0 Å². The molecule has 0 atom stereocenters. The lowest BCUT2D eigenvalue weighted by Crippen LogP contribution is -2.12. The van der Waals surface area contributed by atoms with E-state index in [1.807, 2.05) is 42.5 Å². The molecular weight excluding hydrogens is 354 g/mol. The van der Waals surface area contributed by atoms with Crippen LogP contribution in [0.15, 0.2) is 46.9 Å². The average molecular weight is 364 g/mol. The van der Waals surface area contributed by atoms with Gasteiger partial charge in [0.25, 0.3) is 0 Å². The summed E-state index contributed by atoms with van der Waals surface area (Å²) in [6, 6.07) is 13.8. The Morgan fingerprint density at radius 2 is 2.00 bits per heavy atom. The lowest BCUT2D eigenvalue weighted by Gasteiger charge is -2.10. The Labute approximate surface area is 134 Å². The van der Waals surface area contributed by atoms with Gasteiger partial charge in [0.2, 0.25) is 0 Å². The van der Waals surface area contributed by atoms with E-state index < -0.39 is 0 Å². The molecule has 1 heterocycles. The van der Waals surface area contributed by atoms with Crippen molar-refractivity contribution >= 4 is 65.5 Å². The van der Waals surface area contributed by atoms with Crippen LogP contribution >= 0.6 is 39.5 Å². The lowest BCUT2D eigenvalue weighted by molar-refractivity contribution is 1.43. The summed E-state index contributed by atoms with van der Waals surface area (Å²) < 4.78 is 2.01. The third-order valence-electron chi connectivity index (χ3n) is 2.80. The smallest absolute Gasteiger partial charge is 0.188 e. The highest BCUT2D eigenvalue weighted by atomic mass is 79.9. The maximum absolute atomic E-state index is 5.79. The number of aromatic nitrogens is 1. The van der Waals surface area contributed by atoms with Gasteiger partial charge in [-0.1, -0.05) is 41.8 Å². The molecule has 0 spiro atoms. The molecule has 0 bridgehead atoms. The second kappa shape index (κ2) is 5.47. The summed E-state index contributed by atoms with van der Waals surface area (Å²) in [5.41, 5.74) is 8.41. The third kappa shape index (κ3) is 2.54. The summed E-state index contributed by atoms with van der Waals surface area (Å²) in [6.07, 6.45) is 0. The fourth-order valence-corrected chi connectivity index (χ4v) is 3.73. The van der Waals surface area contributed by atoms with Gasteiger partial charge in [0.15, 0.2) is 5.13 Å². The minimum absolute atomic E-state index is 0.348. The van der Waals surface area contributed by atoms with Crippen molar-refractivity contribution in [2.45, 2.75) is 0 Å². The molecule has 1 aromatic heterocycles. The van der Waals surface area contributed by atoms with Crippen LogP contribution in [0.25, 0.3) is 10.2 Å². The molecule has 3 N–H and O–H groups in total. The molecule has 2 aromatic carbocycles. The summed E-state index contributed by atoms with van der Waals surface area (Å²) in [5, 5.41) is 4.12. The molecule has 0 aliphatic rings.